The molecule has 2 atom stereocenters. The molecule has 0 spiro atoms. The Kier molecular flexibility index (Phi) is 4.80. The topological polar surface area (TPSA) is 55.1 Å². The highest BCUT2D eigenvalue weighted by atomic mass is 19.4. The van der Waals surface area contributed by atoms with Gasteiger partial charge in [0, 0.05) is 6.54 Å². The minimum Gasteiger partial charge on any atom is -0.369 e. The van der Waals surface area contributed by atoms with Crippen LogP contribution in [0.4, 0.5) is 13.2 Å². The number of alkyl halides is 3. The van der Waals surface area contributed by atoms with E-state index in [9.17, 15) is 18.0 Å². The van der Waals surface area contributed by atoms with Gasteiger partial charge in [-0.15, -0.1) is 0 Å². The van der Waals surface area contributed by atoms with Gasteiger partial charge in [0.05, 0.1) is 11.0 Å². The summed E-state index contributed by atoms with van der Waals surface area (Å²) in [5.41, 5.74) is 5.45. The summed E-state index contributed by atoms with van der Waals surface area (Å²) in [7, 11) is 0. The molecule has 0 aromatic heterocycles. The van der Waals surface area contributed by atoms with Crippen LogP contribution in [0.3, 0.4) is 0 Å². The fourth-order valence-corrected chi connectivity index (χ4v) is 3.49. The normalized spacial score (nSPS) is 19.9. The predicted molar refractivity (Wildman–Crippen MR) is 93.8 cm³/mol. The smallest absolute Gasteiger partial charge is 0.369 e. The number of hydrogen-bond acceptors (Lipinski definition) is 2. The van der Waals surface area contributed by atoms with Gasteiger partial charge in [-0.2, -0.15) is 13.2 Å². The first-order valence-electron chi connectivity index (χ1n) is 8.51. The maximum atomic E-state index is 13.1. The number of nitrogens with two attached hydrogens (primary N) is 1. The van der Waals surface area contributed by atoms with E-state index in [1.807, 2.05) is 12.1 Å². The highest BCUT2D eigenvalue weighted by molar-refractivity contribution is 5.90. The minimum atomic E-state index is -4.48. The van der Waals surface area contributed by atoms with Crippen molar-refractivity contribution in [2.45, 2.75) is 30.9 Å². The zero-order chi connectivity index (χ0) is 18.9. The lowest BCUT2D eigenvalue weighted by Crippen LogP contribution is -2.39. The molecule has 0 bridgehead atoms. The van der Waals surface area contributed by atoms with E-state index in [4.69, 9.17) is 5.73 Å². The van der Waals surface area contributed by atoms with Crippen LogP contribution in [0, 0.1) is 0 Å². The molecule has 1 fully saturated rings. The zero-order valence-corrected chi connectivity index (χ0v) is 14.4. The molecule has 1 saturated heterocycles. The SMILES string of the molecule is CC(C(N)=O)(c1ccc(C2CCNC2)cc1)c1cccc(C(F)(F)F)c1. The van der Waals surface area contributed by atoms with Gasteiger partial charge < -0.3 is 11.1 Å². The lowest BCUT2D eigenvalue weighted by atomic mass is 9.74. The van der Waals surface area contributed by atoms with Gasteiger partial charge in [-0.25, -0.2) is 0 Å². The Hall–Kier alpha value is -2.34. The van der Waals surface area contributed by atoms with E-state index in [1.54, 1.807) is 19.1 Å². The quantitative estimate of drug-likeness (QED) is 0.874. The van der Waals surface area contributed by atoms with Crippen LogP contribution in [-0.4, -0.2) is 19.0 Å². The molecule has 1 aliphatic rings. The van der Waals surface area contributed by atoms with Crippen molar-refractivity contribution in [1.82, 2.24) is 5.32 Å². The number of rotatable bonds is 4. The largest absolute Gasteiger partial charge is 0.416 e. The summed E-state index contributed by atoms with van der Waals surface area (Å²) in [6.45, 7) is 3.44. The summed E-state index contributed by atoms with van der Waals surface area (Å²) in [6, 6.07) is 12.2. The van der Waals surface area contributed by atoms with Crippen molar-refractivity contribution in [2.24, 2.45) is 5.73 Å². The number of amides is 1. The van der Waals surface area contributed by atoms with Gasteiger partial charge >= 0.3 is 6.18 Å². The first-order valence-corrected chi connectivity index (χ1v) is 8.51. The maximum absolute atomic E-state index is 13.1. The summed E-state index contributed by atoms with van der Waals surface area (Å²) < 4.78 is 39.2. The van der Waals surface area contributed by atoms with Gasteiger partial charge in [0.15, 0.2) is 0 Å². The monoisotopic (exact) mass is 362 g/mol. The highest BCUT2D eigenvalue weighted by Gasteiger charge is 2.38. The number of carbonyl (C=O) groups is 1. The summed E-state index contributed by atoms with van der Waals surface area (Å²) in [5.74, 6) is -0.274. The van der Waals surface area contributed by atoms with Crippen LogP contribution in [0.15, 0.2) is 48.5 Å². The molecule has 1 amide bonds. The molecule has 26 heavy (non-hydrogen) atoms. The van der Waals surface area contributed by atoms with Crippen LogP contribution in [0.2, 0.25) is 0 Å². The van der Waals surface area contributed by atoms with Crippen molar-refractivity contribution in [3.05, 3.63) is 70.8 Å². The number of nitrogens with one attached hydrogen (secondary N) is 1. The first kappa shape index (κ1) is 18.5. The van der Waals surface area contributed by atoms with Crippen molar-refractivity contribution in [2.75, 3.05) is 13.1 Å². The molecular weight excluding hydrogens is 341 g/mol. The highest BCUT2D eigenvalue weighted by Crippen LogP contribution is 2.37. The average molecular weight is 362 g/mol. The molecule has 2 aromatic carbocycles. The van der Waals surface area contributed by atoms with Crippen molar-refractivity contribution < 1.29 is 18.0 Å². The molecule has 0 saturated carbocycles. The number of primary amides is 1. The fourth-order valence-electron chi connectivity index (χ4n) is 3.49. The van der Waals surface area contributed by atoms with E-state index in [2.05, 4.69) is 5.32 Å². The predicted octanol–water partition coefficient (Wildman–Crippen LogP) is 3.57. The van der Waals surface area contributed by atoms with Crippen LogP contribution < -0.4 is 11.1 Å². The molecule has 2 aromatic rings. The van der Waals surface area contributed by atoms with Gasteiger partial charge in [-0.3, -0.25) is 4.79 Å². The molecule has 0 aliphatic carbocycles. The molecule has 3 rings (SSSR count). The third-order valence-electron chi connectivity index (χ3n) is 5.28. The Balaban J connectivity index is 2.01. The van der Waals surface area contributed by atoms with E-state index in [-0.39, 0.29) is 5.56 Å². The first-order chi connectivity index (χ1) is 12.2. The Bertz CT molecular complexity index is 795. The zero-order valence-electron chi connectivity index (χ0n) is 14.4. The van der Waals surface area contributed by atoms with Gasteiger partial charge in [0.25, 0.3) is 0 Å². The lowest BCUT2D eigenvalue weighted by Gasteiger charge is -2.28. The van der Waals surface area contributed by atoms with Crippen LogP contribution >= 0.6 is 0 Å². The summed E-state index contributed by atoms with van der Waals surface area (Å²) in [6.07, 6.45) is -3.44. The number of carbonyl (C=O) groups excluding carboxylic acids is 1. The molecule has 0 radical (unpaired) electrons. The van der Waals surface area contributed by atoms with Crippen LogP contribution in [-0.2, 0) is 16.4 Å². The van der Waals surface area contributed by atoms with Gasteiger partial charge in [-0.1, -0.05) is 42.5 Å². The molecule has 138 valence electrons. The van der Waals surface area contributed by atoms with Crippen molar-refractivity contribution in [1.29, 1.82) is 0 Å². The van der Waals surface area contributed by atoms with Gasteiger partial charge in [0.1, 0.15) is 0 Å². The third kappa shape index (κ3) is 3.33. The lowest BCUT2D eigenvalue weighted by molar-refractivity contribution is -0.137. The van der Waals surface area contributed by atoms with E-state index < -0.39 is 23.1 Å². The van der Waals surface area contributed by atoms with Crippen molar-refractivity contribution in [3.8, 4) is 0 Å². The van der Waals surface area contributed by atoms with Crippen LogP contribution in [0.25, 0.3) is 0 Å². The molecule has 1 heterocycles. The van der Waals surface area contributed by atoms with Gasteiger partial charge in [-0.05, 0) is 48.6 Å². The third-order valence-corrected chi connectivity index (χ3v) is 5.28. The number of hydrogen-bond donors (Lipinski definition) is 2. The second kappa shape index (κ2) is 6.76. The summed E-state index contributed by atoms with van der Waals surface area (Å²) in [4.78, 5) is 12.3. The van der Waals surface area contributed by atoms with Crippen LogP contribution in [0.5, 0.6) is 0 Å². The number of benzene rings is 2. The molecular formula is C20H21F3N2O. The standard InChI is InChI=1S/C20H21F3N2O/c1-19(18(24)26,16-3-2-4-17(11-16)20(21,22)23)15-7-5-13(6-8-15)14-9-10-25-12-14/h2-8,11,14,25H,9-10,12H2,1H3,(H2,24,26). The van der Waals surface area contributed by atoms with Crippen molar-refractivity contribution in [3.63, 3.8) is 0 Å². The number of halogens is 3. The van der Waals surface area contributed by atoms with Crippen molar-refractivity contribution >= 4 is 5.91 Å². The summed E-state index contributed by atoms with van der Waals surface area (Å²) in [5, 5.41) is 3.30. The molecule has 3 N–H and O–H groups in total. The van der Waals surface area contributed by atoms with Gasteiger partial charge in [0.2, 0.25) is 5.91 Å². The second-order valence-electron chi connectivity index (χ2n) is 6.88. The molecule has 3 nitrogen and oxygen atoms in total. The van der Waals surface area contributed by atoms with E-state index in [1.165, 1.54) is 12.1 Å². The Morgan fingerprint density at radius 2 is 1.73 bits per heavy atom. The average Bonchev–Trinajstić information content (AvgIpc) is 3.15. The molecule has 6 heteroatoms. The van der Waals surface area contributed by atoms with E-state index >= 15 is 0 Å². The van der Waals surface area contributed by atoms with Crippen LogP contribution in [0.1, 0.15) is 41.5 Å². The molecule has 2 unspecified atom stereocenters. The molecule has 1 aliphatic heterocycles. The van der Waals surface area contributed by atoms with E-state index in [0.29, 0.717) is 11.5 Å². The Morgan fingerprint density at radius 3 is 2.27 bits per heavy atom. The summed E-state index contributed by atoms with van der Waals surface area (Å²) >= 11 is 0. The Labute approximate surface area is 150 Å². The maximum Gasteiger partial charge on any atom is 0.416 e. The van der Waals surface area contributed by atoms with E-state index in [0.717, 1.165) is 37.2 Å². The Morgan fingerprint density at radius 1 is 1.08 bits per heavy atom. The second-order valence-corrected chi connectivity index (χ2v) is 6.88. The minimum absolute atomic E-state index is 0.232. The fraction of sp³-hybridized carbons (Fsp3) is 0.350.